The van der Waals surface area contributed by atoms with E-state index in [0.717, 1.165) is 23.6 Å². The number of carbonyl (C=O) groups is 3. The monoisotopic (exact) mass is 596 g/mol. The van der Waals surface area contributed by atoms with Gasteiger partial charge >= 0.3 is 6.09 Å². The summed E-state index contributed by atoms with van der Waals surface area (Å²) in [6.07, 6.45) is 4.99. The van der Waals surface area contributed by atoms with Crippen molar-refractivity contribution in [3.8, 4) is 11.6 Å². The highest BCUT2D eigenvalue weighted by Crippen LogP contribution is 2.47. The zero-order chi connectivity index (χ0) is 30.2. The quantitative estimate of drug-likeness (QED) is 0.326. The third-order valence-electron chi connectivity index (χ3n) is 7.81. The molecule has 10 nitrogen and oxygen atoms in total. The Kier molecular flexibility index (Phi) is 8.24. The first kappa shape index (κ1) is 29.9. The molecule has 0 radical (unpaired) electrons. The number of methoxy groups -OCH3 is 1. The maximum absolute atomic E-state index is 13.9. The predicted octanol–water partition coefficient (Wildman–Crippen LogP) is 4.35. The van der Waals surface area contributed by atoms with Crippen molar-refractivity contribution in [1.82, 2.24) is 19.9 Å². The van der Waals surface area contributed by atoms with Crippen LogP contribution in [-0.4, -0.2) is 75.3 Å². The molecule has 2 N–H and O–H groups in total. The number of fused-ring (bicyclic) bond motifs is 1. The van der Waals surface area contributed by atoms with Crippen LogP contribution in [0.5, 0.6) is 11.6 Å². The van der Waals surface area contributed by atoms with Gasteiger partial charge in [-0.15, -0.1) is 6.58 Å². The molecule has 2 heterocycles. The first-order chi connectivity index (χ1) is 20.0. The fraction of sp³-hybridized carbons (Fsp3) is 0.516. The van der Waals surface area contributed by atoms with E-state index in [-0.39, 0.29) is 35.5 Å². The molecule has 2 saturated carbocycles. The van der Waals surface area contributed by atoms with Crippen LogP contribution in [0.4, 0.5) is 4.79 Å². The van der Waals surface area contributed by atoms with Gasteiger partial charge in [-0.2, -0.15) is 0 Å². The summed E-state index contributed by atoms with van der Waals surface area (Å²) in [5.74, 6) is 0.172. The van der Waals surface area contributed by atoms with E-state index in [9.17, 15) is 14.4 Å². The number of pyridine rings is 1. The molecule has 3 fully saturated rings. The van der Waals surface area contributed by atoms with Crippen molar-refractivity contribution in [1.29, 1.82) is 0 Å². The lowest BCUT2D eigenvalue weighted by Gasteiger charge is -2.29. The molecular weight excluding hydrogens is 556 g/mol. The fourth-order valence-corrected chi connectivity index (χ4v) is 7.11. The van der Waals surface area contributed by atoms with Crippen LogP contribution in [0.2, 0.25) is 0 Å². The number of ether oxygens (including phenoxy) is 3. The molecule has 1 aromatic carbocycles. The molecule has 5 atom stereocenters. The van der Waals surface area contributed by atoms with Crippen molar-refractivity contribution in [3.63, 3.8) is 0 Å². The molecule has 2 aliphatic carbocycles. The summed E-state index contributed by atoms with van der Waals surface area (Å²) in [6.45, 7) is 11.3. The number of nitrogens with one attached hydrogen (secondary N) is 2. The predicted molar refractivity (Wildman–Crippen MR) is 164 cm³/mol. The Balaban J connectivity index is 1.37. The van der Waals surface area contributed by atoms with Crippen molar-refractivity contribution in [2.45, 2.75) is 81.9 Å². The van der Waals surface area contributed by atoms with Crippen LogP contribution in [-0.2, 0) is 14.3 Å². The molecule has 3 aliphatic rings. The Morgan fingerprint density at radius 2 is 1.90 bits per heavy atom. The first-order valence-electron chi connectivity index (χ1n) is 14.3. The van der Waals surface area contributed by atoms with Crippen molar-refractivity contribution in [3.05, 3.63) is 43.1 Å². The second-order valence-electron chi connectivity index (χ2n) is 12.0. The summed E-state index contributed by atoms with van der Waals surface area (Å²) >= 11 is 0. The van der Waals surface area contributed by atoms with E-state index in [2.05, 4.69) is 21.6 Å². The van der Waals surface area contributed by atoms with Gasteiger partial charge in [-0.1, -0.05) is 34.9 Å². The second-order valence-corrected chi connectivity index (χ2v) is 14.1. The average Bonchev–Trinajstić information content (AvgIpc) is 3.87. The molecule has 0 bridgehead atoms. The highest BCUT2D eigenvalue weighted by molar-refractivity contribution is 8.14. The number of benzene rings is 1. The molecule has 11 heteroatoms. The molecule has 0 spiro atoms. The van der Waals surface area contributed by atoms with Gasteiger partial charge in [-0.25, -0.2) is 9.78 Å². The third kappa shape index (κ3) is 6.11. The lowest BCUT2D eigenvalue weighted by Crippen LogP contribution is -2.55. The Bertz CT molecular complexity index is 1430. The number of likely N-dealkylation sites (tertiary alicyclic amines) is 1. The average molecular weight is 597 g/mol. The zero-order valence-corrected chi connectivity index (χ0v) is 25.7. The van der Waals surface area contributed by atoms with Gasteiger partial charge in [0.15, 0.2) is 0 Å². The van der Waals surface area contributed by atoms with Crippen LogP contribution in [0.3, 0.4) is 0 Å². The topological polar surface area (TPSA) is 119 Å². The molecule has 226 valence electrons. The molecule has 2 aromatic rings. The summed E-state index contributed by atoms with van der Waals surface area (Å²) in [4.78, 5) is 46.5. The van der Waals surface area contributed by atoms with Crippen molar-refractivity contribution >= 4 is 44.7 Å². The Hall–Kier alpha value is -3.60. The maximum atomic E-state index is 13.9. The van der Waals surface area contributed by atoms with Crippen molar-refractivity contribution in [2.75, 3.05) is 13.7 Å². The lowest BCUT2D eigenvalue weighted by atomic mass is 10.1. The molecule has 1 aliphatic heterocycles. The van der Waals surface area contributed by atoms with Crippen LogP contribution in [0, 0.1) is 5.92 Å². The van der Waals surface area contributed by atoms with Gasteiger partial charge in [0.2, 0.25) is 11.8 Å². The van der Waals surface area contributed by atoms with Gasteiger partial charge < -0.3 is 24.2 Å². The first-order valence-corrected chi connectivity index (χ1v) is 15.7. The van der Waals surface area contributed by atoms with E-state index < -0.39 is 35.3 Å². The number of amides is 3. The molecular formula is C31H40N4O6S. The Morgan fingerprint density at radius 1 is 1.19 bits per heavy atom. The van der Waals surface area contributed by atoms with E-state index >= 15 is 0 Å². The number of carbonyl (C=O) groups excluding carboxylic acids is 3. The van der Waals surface area contributed by atoms with Gasteiger partial charge in [0, 0.05) is 28.4 Å². The smallest absolute Gasteiger partial charge is 0.411 e. The van der Waals surface area contributed by atoms with E-state index in [1.807, 2.05) is 36.6 Å². The van der Waals surface area contributed by atoms with Crippen LogP contribution < -0.4 is 19.5 Å². The molecule has 1 aromatic heterocycles. The van der Waals surface area contributed by atoms with Crippen molar-refractivity contribution in [2.24, 2.45) is 5.92 Å². The number of rotatable bonds is 9. The highest BCUT2D eigenvalue weighted by Gasteiger charge is 2.61. The van der Waals surface area contributed by atoms with Crippen LogP contribution in [0.15, 0.2) is 43.1 Å². The van der Waals surface area contributed by atoms with E-state index in [1.54, 1.807) is 40.2 Å². The lowest BCUT2D eigenvalue weighted by molar-refractivity contribution is -0.131. The van der Waals surface area contributed by atoms with Gasteiger partial charge in [0.1, 0.15) is 29.0 Å². The van der Waals surface area contributed by atoms with Gasteiger partial charge in [0.05, 0.1) is 19.9 Å². The third-order valence-corrected chi connectivity index (χ3v) is 9.93. The minimum absolute atomic E-state index is 0.120. The highest BCUT2D eigenvalue weighted by atomic mass is 32.2. The standard InChI is InChI=1S/C31H40N4O6S/c1-7-19-16-31(19,28(37)34-42(8-2)21-13-14-21)33-26(36)24-15-20(18-35(24)29(38)41-30(3,4)5)40-27-23-12-10-9-11-22(23)25(39-6)17-32-27/h7-12,17,19-21,24H,1,13-16,18H2,2-6H3,(H,33,36)(H,34,37)/t19-,20-,24+,31-,42?/m1/s1. The SMILES string of the molecule is C=C[C@@H]1C[C@]1(NC(=O)[C@@H]1C[C@@H](Oc2ncc(OC)c3ccccc23)CN1C(=O)OC(C)(C)C)C(=O)N/S(=C/C)C1CC1. The van der Waals surface area contributed by atoms with Gasteiger partial charge in [-0.3, -0.25) is 14.5 Å². The number of hydrogen-bond donors (Lipinski definition) is 2. The largest absolute Gasteiger partial charge is 0.494 e. The van der Waals surface area contributed by atoms with Crippen LogP contribution in [0.25, 0.3) is 10.8 Å². The van der Waals surface area contributed by atoms with Crippen LogP contribution in [0.1, 0.15) is 53.4 Å². The number of nitrogens with zero attached hydrogens (tertiary/aromatic N) is 2. The molecule has 42 heavy (non-hydrogen) atoms. The van der Waals surface area contributed by atoms with Gasteiger partial charge in [-0.05, 0) is 58.4 Å². The fourth-order valence-electron chi connectivity index (χ4n) is 5.40. The minimum atomic E-state index is -1.09. The number of aromatic nitrogens is 1. The molecule has 3 amide bonds. The van der Waals surface area contributed by atoms with Crippen molar-refractivity contribution < 1.29 is 28.6 Å². The summed E-state index contributed by atoms with van der Waals surface area (Å²) < 4.78 is 20.6. The molecule has 1 saturated heterocycles. The van der Waals surface area contributed by atoms with Crippen LogP contribution >= 0.6 is 10.7 Å². The normalized spacial score (nSPS) is 25.9. The number of hydrogen-bond acceptors (Lipinski definition) is 7. The summed E-state index contributed by atoms with van der Waals surface area (Å²) in [7, 11) is 1.24. The Labute approximate surface area is 249 Å². The zero-order valence-electron chi connectivity index (χ0n) is 24.8. The molecule has 1 unspecified atom stereocenters. The maximum Gasteiger partial charge on any atom is 0.411 e. The summed E-state index contributed by atoms with van der Waals surface area (Å²) in [5.41, 5.74) is -1.85. The summed E-state index contributed by atoms with van der Waals surface area (Å²) in [6, 6.07) is 6.70. The van der Waals surface area contributed by atoms with Gasteiger partial charge in [0.25, 0.3) is 5.91 Å². The minimum Gasteiger partial charge on any atom is -0.494 e. The van der Waals surface area contributed by atoms with E-state index in [4.69, 9.17) is 14.2 Å². The van der Waals surface area contributed by atoms with E-state index in [0.29, 0.717) is 23.3 Å². The Morgan fingerprint density at radius 3 is 2.50 bits per heavy atom. The summed E-state index contributed by atoms with van der Waals surface area (Å²) in [5, 5.41) is 7.09. The van der Waals surface area contributed by atoms with E-state index in [1.165, 1.54) is 4.90 Å². The second kappa shape index (κ2) is 11.6. The molecule has 5 rings (SSSR count).